The Labute approximate surface area is 153 Å². The van der Waals surface area contributed by atoms with Crippen LogP contribution in [-0.4, -0.2) is 60.3 Å². The molecule has 3 rings (SSSR count). The lowest BCUT2D eigenvalue weighted by molar-refractivity contribution is -0.144. The summed E-state index contributed by atoms with van der Waals surface area (Å²) in [6.45, 7) is 5.90. The van der Waals surface area contributed by atoms with Gasteiger partial charge in [-0.05, 0) is 51.0 Å². The number of hydrogen-bond donors (Lipinski definition) is 1. The SMILES string of the molecule is CC(C)Oc1ccc(NC(=O)C2(C(=O)N3CCN(C=O)CC3)CC2)cc1. The number of nitrogens with zero attached hydrogens (tertiary/aromatic N) is 2. The molecule has 7 heteroatoms. The Morgan fingerprint density at radius 1 is 1.12 bits per heavy atom. The molecular formula is C19H25N3O4. The standard InChI is InChI=1S/C19H25N3O4/c1-14(2)26-16-5-3-15(4-6-16)20-17(24)19(7-8-19)18(25)22-11-9-21(13-23)10-12-22/h3-6,13-14H,7-12H2,1-2H3,(H,20,24). The number of benzene rings is 1. The van der Waals surface area contributed by atoms with Gasteiger partial charge in [0.1, 0.15) is 11.2 Å². The third-order valence-electron chi connectivity index (χ3n) is 4.83. The number of carbonyl (C=O) groups excluding carboxylic acids is 3. The van der Waals surface area contributed by atoms with Gasteiger partial charge in [-0.3, -0.25) is 14.4 Å². The molecule has 1 saturated heterocycles. The first-order valence-electron chi connectivity index (χ1n) is 9.01. The van der Waals surface area contributed by atoms with E-state index in [1.165, 1.54) is 0 Å². The van der Waals surface area contributed by atoms with Crippen LogP contribution in [0, 0.1) is 5.41 Å². The fraction of sp³-hybridized carbons (Fsp3) is 0.526. The quantitative estimate of drug-likeness (QED) is 0.617. The first-order valence-corrected chi connectivity index (χ1v) is 9.01. The van der Waals surface area contributed by atoms with Crippen LogP contribution in [0.1, 0.15) is 26.7 Å². The molecule has 140 valence electrons. The molecule has 1 aliphatic carbocycles. The number of nitrogens with one attached hydrogen (secondary N) is 1. The van der Waals surface area contributed by atoms with Gasteiger partial charge in [-0.15, -0.1) is 0 Å². The second-order valence-corrected chi connectivity index (χ2v) is 7.16. The Morgan fingerprint density at radius 2 is 1.73 bits per heavy atom. The highest BCUT2D eigenvalue weighted by Gasteiger charge is 2.58. The third kappa shape index (κ3) is 3.81. The number of anilines is 1. The van der Waals surface area contributed by atoms with Crippen molar-refractivity contribution < 1.29 is 19.1 Å². The number of hydrogen-bond acceptors (Lipinski definition) is 4. The summed E-state index contributed by atoms with van der Waals surface area (Å²) in [5.74, 6) is 0.362. The van der Waals surface area contributed by atoms with Crippen molar-refractivity contribution in [3.8, 4) is 5.75 Å². The summed E-state index contributed by atoms with van der Waals surface area (Å²) in [6.07, 6.45) is 2.02. The zero-order chi connectivity index (χ0) is 18.7. The predicted molar refractivity (Wildman–Crippen MR) is 96.7 cm³/mol. The maximum Gasteiger partial charge on any atom is 0.240 e. The molecule has 3 amide bonds. The maximum atomic E-state index is 12.8. The van der Waals surface area contributed by atoms with E-state index in [4.69, 9.17) is 4.74 Å². The van der Waals surface area contributed by atoms with Crippen LogP contribution in [0.15, 0.2) is 24.3 Å². The molecule has 7 nitrogen and oxygen atoms in total. The average Bonchev–Trinajstić information content (AvgIpc) is 3.44. The third-order valence-corrected chi connectivity index (χ3v) is 4.83. The minimum atomic E-state index is -0.948. The largest absolute Gasteiger partial charge is 0.491 e. The Bertz CT molecular complexity index is 675. The fourth-order valence-electron chi connectivity index (χ4n) is 3.14. The molecule has 0 atom stereocenters. The van der Waals surface area contributed by atoms with Crippen LogP contribution in [0.3, 0.4) is 0 Å². The van der Waals surface area contributed by atoms with Gasteiger partial charge >= 0.3 is 0 Å². The molecule has 0 aromatic heterocycles. The molecule has 1 aromatic carbocycles. The number of amides is 3. The smallest absolute Gasteiger partial charge is 0.240 e. The Kier molecular flexibility index (Phi) is 5.15. The van der Waals surface area contributed by atoms with Crippen LogP contribution in [0.25, 0.3) is 0 Å². The molecule has 2 fully saturated rings. The lowest BCUT2D eigenvalue weighted by atomic mass is 10.0. The van der Waals surface area contributed by atoms with E-state index in [9.17, 15) is 14.4 Å². The second kappa shape index (κ2) is 7.35. The highest BCUT2D eigenvalue weighted by Crippen LogP contribution is 2.48. The first kappa shape index (κ1) is 18.2. The summed E-state index contributed by atoms with van der Waals surface area (Å²) in [4.78, 5) is 39.7. The Hall–Kier alpha value is -2.57. The number of piperazine rings is 1. The van der Waals surface area contributed by atoms with Gasteiger partial charge in [0.25, 0.3) is 0 Å². The molecule has 1 saturated carbocycles. The van der Waals surface area contributed by atoms with Crippen LogP contribution in [0.2, 0.25) is 0 Å². The predicted octanol–water partition coefficient (Wildman–Crippen LogP) is 1.49. The van der Waals surface area contributed by atoms with E-state index in [-0.39, 0.29) is 17.9 Å². The zero-order valence-electron chi connectivity index (χ0n) is 15.2. The normalized spacial score (nSPS) is 18.4. The molecule has 1 aromatic rings. The minimum absolute atomic E-state index is 0.0856. The van der Waals surface area contributed by atoms with Crippen molar-refractivity contribution in [1.29, 1.82) is 0 Å². The van der Waals surface area contributed by atoms with Crippen molar-refractivity contribution >= 4 is 23.9 Å². The van der Waals surface area contributed by atoms with Gasteiger partial charge in [-0.25, -0.2) is 0 Å². The molecule has 0 unspecified atom stereocenters. The zero-order valence-corrected chi connectivity index (χ0v) is 15.2. The topological polar surface area (TPSA) is 79.0 Å². The van der Waals surface area contributed by atoms with Crippen molar-refractivity contribution in [3.05, 3.63) is 24.3 Å². The van der Waals surface area contributed by atoms with Crippen molar-refractivity contribution in [1.82, 2.24) is 9.80 Å². The molecule has 26 heavy (non-hydrogen) atoms. The molecule has 0 spiro atoms. The van der Waals surface area contributed by atoms with E-state index in [1.807, 2.05) is 13.8 Å². The summed E-state index contributed by atoms with van der Waals surface area (Å²) in [5, 5.41) is 2.86. The summed E-state index contributed by atoms with van der Waals surface area (Å²) < 4.78 is 5.59. The van der Waals surface area contributed by atoms with Gasteiger partial charge in [0.05, 0.1) is 6.10 Å². The van der Waals surface area contributed by atoms with E-state index < -0.39 is 5.41 Å². The first-order chi connectivity index (χ1) is 12.4. The van der Waals surface area contributed by atoms with Crippen LogP contribution in [0.5, 0.6) is 5.75 Å². The number of ether oxygens (including phenoxy) is 1. The summed E-state index contributed by atoms with van der Waals surface area (Å²) in [6, 6.07) is 7.16. The lowest BCUT2D eigenvalue weighted by Crippen LogP contribution is -2.52. The molecule has 1 heterocycles. The van der Waals surface area contributed by atoms with Gasteiger partial charge in [0, 0.05) is 31.9 Å². The molecule has 0 bridgehead atoms. The monoisotopic (exact) mass is 359 g/mol. The molecule has 0 radical (unpaired) electrons. The van der Waals surface area contributed by atoms with Crippen LogP contribution < -0.4 is 10.1 Å². The van der Waals surface area contributed by atoms with Gasteiger partial charge < -0.3 is 19.9 Å². The molecular weight excluding hydrogens is 334 g/mol. The molecule has 1 N–H and O–H groups in total. The Balaban J connectivity index is 1.60. The highest BCUT2D eigenvalue weighted by molar-refractivity contribution is 6.13. The summed E-state index contributed by atoms with van der Waals surface area (Å²) in [7, 11) is 0. The van der Waals surface area contributed by atoms with Gasteiger partial charge in [-0.2, -0.15) is 0 Å². The average molecular weight is 359 g/mol. The van der Waals surface area contributed by atoms with Crippen LogP contribution in [-0.2, 0) is 14.4 Å². The van der Waals surface area contributed by atoms with Gasteiger partial charge in [0.2, 0.25) is 18.2 Å². The number of rotatable bonds is 6. The van der Waals surface area contributed by atoms with Crippen molar-refractivity contribution in [3.63, 3.8) is 0 Å². The second-order valence-electron chi connectivity index (χ2n) is 7.16. The van der Waals surface area contributed by atoms with Crippen LogP contribution in [0.4, 0.5) is 5.69 Å². The fourth-order valence-corrected chi connectivity index (χ4v) is 3.14. The van der Waals surface area contributed by atoms with Gasteiger partial charge in [-0.1, -0.05) is 0 Å². The lowest BCUT2D eigenvalue weighted by Gasteiger charge is -2.34. The highest BCUT2D eigenvalue weighted by atomic mass is 16.5. The molecule has 2 aliphatic rings. The maximum absolute atomic E-state index is 12.8. The van der Waals surface area contributed by atoms with Crippen molar-refractivity contribution in [2.24, 2.45) is 5.41 Å². The van der Waals surface area contributed by atoms with Gasteiger partial charge in [0.15, 0.2) is 0 Å². The summed E-state index contributed by atoms with van der Waals surface area (Å²) in [5.41, 5.74) is -0.299. The van der Waals surface area contributed by atoms with Crippen LogP contribution >= 0.6 is 0 Å². The van der Waals surface area contributed by atoms with E-state index in [2.05, 4.69) is 5.32 Å². The van der Waals surface area contributed by atoms with E-state index in [1.54, 1.807) is 34.1 Å². The minimum Gasteiger partial charge on any atom is -0.491 e. The molecule has 1 aliphatic heterocycles. The van der Waals surface area contributed by atoms with E-state index in [0.29, 0.717) is 44.7 Å². The Morgan fingerprint density at radius 3 is 2.23 bits per heavy atom. The van der Waals surface area contributed by atoms with E-state index >= 15 is 0 Å². The van der Waals surface area contributed by atoms with Crippen molar-refractivity contribution in [2.45, 2.75) is 32.8 Å². The number of carbonyl (C=O) groups is 3. The van der Waals surface area contributed by atoms with E-state index in [0.717, 1.165) is 12.2 Å². The summed E-state index contributed by atoms with van der Waals surface area (Å²) >= 11 is 0. The van der Waals surface area contributed by atoms with Crippen molar-refractivity contribution in [2.75, 3.05) is 31.5 Å².